The number of carbonyl (C=O) groups excluding carboxylic acids is 1. The van der Waals surface area contributed by atoms with Gasteiger partial charge in [0.2, 0.25) is 5.82 Å². The molecule has 43 heavy (non-hydrogen) atoms. The largest absolute Gasteiger partial charge is 0.392 e. The number of nitrogens with zero attached hydrogens (tertiary/aromatic N) is 1. The number of ether oxygens (including phenoxy) is 3. The highest BCUT2D eigenvalue weighted by Gasteiger charge is 2.36. The van der Waals surface area contributed by atoms with Gasteiger partial charge in [-0.1, -0.05) is 36.4 Å². The Bertz CT molecular complexity index is 1430. The van der Waals surface area contributed by atoms with Crippen molar-refractivity contribution in [2.45, 2.75) is 50.4 Å². The predicted octanol–water partition coefficient (Wildman–Crippen LogP) is 5.78. The third-order valence-corrected chi connectivity index (χ3v) is 7.76. The number of halogens is 5. The fourth-order valence-electron chi connectivity index (χ4n) is 5.57. The van der Waals surface area contributed by atoms with Crippen LogP contribution in [0, 0.1) is 29.1 Å². The Morgan fingerprint density at radius 1 is 0.977 bits per heavy atom. The maximum atomic E-state index is 14.2. The van der Waals surface area contributed by atoms with Gasteiger partial charge >= 0.3 is 0 Å². The standard InChI is InChI=1S/C31H31F5N2O5/c1-41-16-21-6-3-11-38(21)14-22-13-23(18-9-7-17(15-39)8-10-18)43-31(42-22)19-4-2-5-20(12-19)37-30(40)24-25(32)27(34)29(36)28(35)26(24)33/h2,4-5,7-10,12,21-23,31,39H,3,6,11,13-16H2,1H3,(H,37,40). The lowest BCUT2D eigenvalue weighted by atomic mass is 9.99. The van der Waals surface area contributed by atoms with Crippen molar-refractivity contribution in [3.63, 3.8) is 0 Å². The number of aliphatic hydroxyl groups is 1. The molecular weight excluding hydrogens is 575 g/mol. The molecule has 0 aromatic heterocycles. The molecule has 0 spiro atoms. The highest BCUT2D eigenvalue weighted by molar-refractivity contribution is 6.04. The van der Waals surface area contributed by atoms with Crippen molar-refractivity contribution in [2.24, 2.45) is 0 Å². The van der Waals surface area contributed by atoms with E-state index in [9.17, 15) is 31.9 Å². The SMILES string of the molecule is COCC1CCCN1CC1CC(c2ccc(CO)cc2)OC(c2cccc(NC(=O)c3c(F)c(F)c(F)c(F)c3F)c2)O1. The summed E-state index contributed by atoms with van der Waals surface area (Å²) < 4.78 is 87.3. The average Bonchev–Trinajstić information content (AvgIpc) is 3.45. The van der Waals surface area contributed by atoms with Gasteiger partial charge in [-0.15, -0.1) is 0 Å². The van der Waals surface area contributed by atoms with Crippen LogP contribution >= 0.6 is 0 Å². The van der Waals surface area contributed by atoms with Crippen LogP contribution in [0.4, 0.5) is 27.6 Å². The summed E-state index contributed by atoms with van der Waals surface area (Å²) in [6, 6.07) is 13.7. The Hall–Kier alpha value is -3.42. The average molecular weight is 607 g/mol. The molecule has 2 N–H and O–H groups in total. The maximum Gasteiger partial charge on any atom is 0.261 e. The molecule has 2 aliphatic heterocycles. The van der Waals surface area contributed by atoms with E-state index in [4.69, 9.17) is 14.2 Å². The van der Waals surface area contributed by atoms with Gasteiger partial charge in [0.15, 0.2) is 29.6 Å². The topological polar surface area (TPSA) is 80.3 Å². The number of hydrogen-bond donors (Lipinski definition) is 2. The number of carbonyl (C=O) groups is 1. The van der Waals surface area contributed by atoms with Crippen molar-refractivity contribution in [1.82, 2.24) is 4.90 Å². The lowest BCUT2D eigenvalue weighted by molar-refractivity contribution is -0.253. The molecule has 0 aliphatic carbocycles. The van der Waals surface area contributed by atoms with Gasteiger partial charge in [-0.25, -0.2) is 22.0 Å². The van der Waals surface area contributed by atoms with Crippen molar-refractivity contribution in [1.29, 1.82) is 0 Å². The third kappa shape index (κ3) is 6.73. The minimum Gasteiger partial charge on any atom is -0.392 e. The fourth-order valence-corrected chi connectivity index (χ4v) is 5.57. The number of aliphatic hydroxyl groups excluding tert-OH is 1. The van der Waals surface area contributed by atoms with Gasteiger partial charge in [0.25, 0.3) is 5.91 Å². The molecule has 0 saturated carbocycles. The second kappa shape index (κ2) is 13.5. The van der Waals surface area contributed by atoms with Crippen LogP contribution in [0.2, 0.25) is 0 Å². The monoisotopic (exact) mass is 606 g/mol. The van der Waals surface area contributed by atoms with Gasteiger partial charge in [0.1, 0.15) is 5.56 Å². The van der Waals surface area contributed by atoms with Crippen molar-refractivity contribution < 1.29 is 46.1 Å². The molecule has 2 aliphatic rings. The van der Waals surface area contributed by atoms with E-state index in [0.29, 0.717) is 25.1 Å². The highest BCUT2D eigenvalue weighted by atomic mass is 19.2. The zero-order valence-corrected chi connectivity index (χ0v) is 23.3. The van der Waals surface area contributed by atoms with Gasteiger partial charge in [0.05, 0.1) is 25.4 Å². The Labute approximate surface area is 245 Å². The molecule has 4 unspecified atom stereocenters. The summed E-state index contributed by atoms with van der Waals surface area (Å²) in [6.07, 6.45) is 1.05. The van der Waals surface area contributed by atoms with E-state index in [1.165, 1.54) is 12.1 Å². The smallest absolute Gasteiger partial charge is 0.261 e. The number of amides is 1. The molecule has 230 valence electrons. The second-order valence-corrected chi connectivity index (χ2v) is 10.6. The summed E-state index contributed by atoms with van der Waals surface area (Å²) >= 11 is 0. The molecule has 12 heteroatoms. The first kappa shape index (κ1) is 31.0. The lowest BCUT2D eigenvalue weighted by Crippen LogP contribution is -2.42. The molecule has 5 rings (SSSR count). The molecular formula is C31H31F5N2O5. The molecule has 2 heterocycles. The minimum atomic E-state index is -2.35. The molecule has 3 aromatic carbocycles. The number of nitrogens with one attached hydrogen (secondary N) is 1. The van der Waals surface area contributed by atoms with E-state index in [1.54, 1.807) is 19.2 Å². The quantitative estimate of drug-likeness (QED) is 0.183. The first-order valence-electron chi connectivity index (χ1n) is 13.9. The van der Waals surface area contributed by atoms with Crippen LogP contribution in [0.3, 0.4) is 0 Å². The maximum absolute atomic E-state index is 14.2. The summed E-state index contributed by atoms with van der Waals surface area (Å²) in [5.74, 6) is -12.7. The number of methoxy groups -OCH3 is 1. The first-order valence-corrected chi connectivity index (χ1v) is 13.9. The van der Waals surface area contributed by atoms with E-state index in [1.807, 2.05) is 24.3 Å². The zero-order chi connectivity index (χ0) is 30.7. The summed E-state index contributed by atoms with van der Waals surface area (Å²) in [5.41, 5.74) is 0.535. The normalized spacial score (nSPS) is 22.6. The van der Waals surface area contributed by atoms with Crippen LogP contribution in [0.5, 0.6) is 0 Å². The van der Waals surface area contributed by atoms with Gasteiger partial charge in [-0.05, 0) is 42.6 Å². The molecule has 7 nitrogen and oxygen atoms in total. The number of benzene rings is 3. The molecule has 1 amide bonds. The van der Waals surface area contributed by atoms with Crippen LogP contribution in [0.15, 0.2) is 48.5 Å². The minimum absolute atomic E-state index is 0.0318. The van der Waals surface area contributed by atoms with Gasteiger partial charge in [-0.2, -0.15) is 0 Å². The Morgan fingerprint density at radius 2 is 1.67 bits per heavy atom. The Kier molecular flexibility index (Phi) is 9.72. The van der Waals surface area contributed by atoms with Gasteiger partial charge < -0.3 is 24.6 Å². The van der Waals surface area contributed by atoms with E-state index in [0.717, 1.165) is 30.5 Å². The summed E-state index contributed by atoms with van der Waals surface area (Å²) in [7, 11) is 1.67. The van der Waals surface area contributed by atoms with Crippen LogP contribution in [0.25, 0.3) is 0 Å². The number of likely N-dealkylation sites (tertiary alicyclic amines) is 1. The number of anilines is 1. The molecule has 0 radical (unpaired) electrons. The van der Waals surface area contributed by atoms with Crippen LogP contribution in [0.1, 0.15) is 58.7 Å². The van der Waals surface area contributed by atoms with Gasteiger partial charge in [0, 0.05) is 37.4 Å². The van der Waals surface area contributed by atoms with Crippen molar-refractivity contribution >= 4 is 11.6 Å². The third-order valence-electron chi connectivity index (χ3n) is 7.76. The fraction of sp³-hybridized carbons (Fsp3) is 0.387. The van der Waals surface area contributed by atoms with E-state index >= 15 is 0 Å². The van der Waals surface area contributed by atoms with Crippen LogP contribution < -0.4 is 5.32 Å². The molecule has 0 bridgehead atoms. The first-order chi connectivity index (χ1) is 20.7. The van der Waals surface area contributed by atoms with Crippen LogP contribution in [-0.4, -0.2) is 54.9 Å². The van der Waals surface area contributed by atoms with Crippen molar-refractivity contribution in [3.8, 4) is 0 Å². The Morgan fingerprint density at radius 3 is 2.35 bits per heavy atom. The highest BCUT2D eigenvalue weighted by Crippen LogP contribution is 2.39. The second-order valence-electron chi connectivity index (χ2n) is 10.6. The van der Waals surface area contributed by atoms with Crippen molar-refractivity contribution in [3.05, 3.63) is 99.9 Å². The lowest BCUT2D eigenvalue weighted by Gasteiger charge is -2.39. The molecule has 2 saturated heterocycles. The zero-order valence-electron chi connectivity index (χ0n) is 23.3. The van der Waals surface area contributed by atoms with E-state index < -0.39 is 46.8 Å². The Balaban J connectivity index is 1.39. The summed E-state index contributed by atoms with van der Waals surface area (Å²) in [4.78, 5) is 15.0. The van der Waals surface area contributed by atoms with E-state index in [-0.39, 0.29) is 30.5 Å². The van der Waals surface area contributed by atoms with Crippen molar-refractivity contribution in [2.75, 3.05) is 32.1 Å². The number of hydrogen-bond acceptors (Lipinski definition) is 6. The summed E-state index contributed by atoms with van der Waals surface area (Å²) in [5, 5.41) is 11.6. The van der Waals surface area contributed by atoms with Crippen LogP contribution in [-0.2, 0) is 20.8 Å². The molecule has 3 aromatic rings. The van der Waals surface area contributed by atoms with Gasteiger partial charge in [-0.3, -0.25) is 9.69 Å². The number of rotatable bonds is 9. The summed E-state index contributed by atoms with van der Waals surface area (Å²) in [6.45, 7) is 2.02. The molecule has 2 fully saturated rings. The predicted molar refractivity (Wildman–Crippen MR) is 146 cm³/mol. The van der Waals surface area contributed by atoms with E-state index in [2.05, 4.69) is 10.2 Å². The molecule has 4 atom stereocenters.